The molecule has 0 spiro atoms. The minimum absolute atomic E-state index is 0.214. The molecule has 0 fully saturated rings. The van der Waals surface area contributed by atoms with E-state index in [1.807, 2.05) is 13.8 Å². The summed E-state index contributed by atoms with van der Waals surface area (Å²) in [5.41, 5.74) is 0.315. The summed E-state index contributed by atoms with van der Waals surface area (Å²) in [5, 5.41) is 3.23. The Labute approximate surface area is 134 Å². The molecule has 0 aliphatic rings. The molecule has 8 heteroatoms. The topological polar surface area (TPSA) is 61.4 Å². The molecule has 0 unspecified atom stereocenters. The van der Waals surface area contributed by atoms with Crippen LogP contribution in [0.5, 0.6) is 0 Å². The molecule has 1 rings (SSSR count). The van der Waals surface area contributed by atoms with Crippen molar-refractivity contribution in [1.82, 2.24) is 9.62 Å². The lowest BCUT2D eigenvalue weighted by atomic mass is 10.3. The van der Waals surface area contributed by atoms with Gasteiger partial charge in [-0.25, -0.2) is 4.39 Å². The smallest absolute Gasteiger partial charge is 0.301 e. The van der Waals surface area contributed by atoms with Crippen LogP contribution in [0.1, 0.15) is 20.3 Å². The standard InChI is InChI=1S/C13H21BrFN3O2S/c1-10(2)16-7-4-8-18(3)21(19,20)17-11-5-6-13(15)12(14)9-11/h5-6,9-10,16-17H,4,7-8H2,1-3H3. The van der Waals surface area contributed by atoms with E-state index in [4.69, 9.17) is 0 Å². The van der Waals surface area contributed by atoms with E-state index < -0.39 is 16.0 Å². The van der Waals surface area contributed by atoms with Crippen LogP contribution in [0, 0.1) is 5.82 Å². The lowest BCUT2D eigenvalue weighted by Gasteiger charge is -2.19. The third kappa shape index (κ3) is 6.29. The first-order valence-corrected chi connectivity index (χ1v) is 8.88. The average Bonchev–Trinajstić information content (AvgIpc) is 2.38. The zero-order valence-electron chi connectivity index (χ0n) is 12.4. The summed E-state index contributed by atoms with van der Waals surface area (Å²) in [6.07, 6.45) is 0.711. The number of nitrogens with zero attached hydrogens (tertiary/aromatic N) is 1. The molecule has 0 amide bonds. The minimum atomic E-state index is -3.63. The van der Waals surface area contributed by atoms with Crippen LogP contribution in [0.3, 0.4) is 0 Å². The minimum Gasteiger partial charge on any atom is -0.314 e. The van der Waals surface area contributed by atoms with Crippen LogP contribution >= 0.6 is 15.9 Å². The Hall–Kier alpha value is -0.700. The molecule has 21 heavy (non-hydrogen) atoms. The number of nitrogens with one attached hydrogen (secondary N) is 2. The maximum Gasteiger partial charge on any atom is 0.301 e. The molecule has 0 aliphatic heterocycles. The Morgan fingerprint density at radius 3 is 2.62 bits per heavy atom. The molecule has 5 nitrogen and oxygen atoms in total. The van der Waals surface area contributed by atoms with Crippen LogP contribution in [0.2, 0.25) is 0 Å². The Kier molecular flexibility index (Phi) is 7.05. The van der Waals surface area contributed by atoms with Gasteiger partial charge in [0.2, 0.25) is 0 Å². The van der Waals surface area contributed by atoms with Crippen molar-refractivity contribution in [1.29, 1.82) is 0 Å². The van der Waals surface area contributed by atoms with E-state index in [0.29, 0.717) is 24.7 Å². The van der Waals surface area contributed by atoms with E-state index in [2.05, 4.69) is 26.0 Å². The second kappa shape index (κ2) is 8.07. The molecule has 0 saturated heterocycles. The molecular weight excluding hydrogens is 361 g/mol. The maximum absolute atomic E-state index is 13.1. The Balaban J connectivity index is 2.57. The lowest BCUT2D eigenvalue weighted by molar-refractivity contribution is 0.451. The first-order chi connectivity index (χ1) is 9.72. The fourth-order valence-corrected chi connectivity index (χ4v) is 2.93. The van der Waals surface area contributed by atoms with Crippen molar-refractivity contribution in [2.45, 2.75) is 26.3 Å². The molecule has 0 heterocycles. The maximum atomic E-state index is 13.1. The van der Waals surface area contributed by atoms with Gasteiger partial charge >= 0.3 is 10.2 Å². The van der Waals surface area contributed by atoms with Crippen LogP contribution in [-0.2, 0) is 10.2 Å². The van der Waals surface area contributed by atoms with Gasteiger partial charge in [0.1, 0.15) is 5.82 Å². The second-order valence-corrected chi connectivity index (χ2v) is 7.65. The summed E-state index contributed by atoms with van der Waals surface area (Å²) in [7, 11) is -2.12. The summed E-state index contributed by atoms with van der Waals surface area (Å²) in [6.45, 7) is 5.22. The summed E-state index contributed by atoms with van der Waals surface area (Å²) in [5.74, 6) is -0.439. The van der Waals surface area contributed by atoms with Crippen LogP contribution in [0.15, 0.2) is 22.7 Å². The van der Waals surface area contributed by atoms with Crippen molar-refractivity contribution in [2.24, 2.45) is 0 Å². The van der Waals surface area contributed by atoms with Crippen molar-refractivity contribution in [3.05, 3.63) is 28.5 Å². The van der Waals surface area contributed by atoms with E-state index in [-0.39, 0.29) is 4.47 Å². The lowest BCUT2D eigenvalue weighted by Crippen LogP contribution is -2.35. The number of hydrogen-bond acceptors (Lipinski definition) is 3. The van der Waals surface area contributed by atoms with Crippen LogP contribution in [0.25, 0.3) is 0 Å². The Bertz CT molecular complexity index is 567. The van der Waals surface area contributed by atoms with E-state index in [1.165, 1.54) is 29.6 Å². The van der Waals surface area contributed by atoms with Gasteiger partial charge in [0.15, 0.2) is 0 Å². The van der Waals surface area contributed by atoms with Crippen LogP contribution < -0.4 is 10.0 Å². The zero-order chi connectivity index (χ0) is 16.0. The number of halogens is 2. The molecule has 1 aromatic rings. The normalized spacial score (nSPS) is 12.1. The van der Waals surface area contributed by atoms with Gasteiger partial charge in [-0.15, -0.1) is 0 Å². The second-order valence-electron chi connectivity index (χ2n) is 5.02. The van der Waals surface area contributed by atoms with Crippen molar-refractivity contribution >= 4 is 31.8 Å². The highest BCUT2D eigenvalue weighted by Gasteiger charge is 2.17. The van der Waals surface area contributed by atoms with Gasteiger partial charge in [-0.1, -0.05) is 13.8 Å². The number of hydrogen-bond donors (Lipinski definition) is 2. The van der Waals surface area contributed by atoms with E-state index in [9.17, 15) is 12.8 Å². The molecule has 0 saturated carbocycles. The highest BCUT2D eigenvalue weighted by atomic mass is 79.9. The molecule has 0 aliphatic carbocycles. The number of benzene rings is 1. The molecule has 2 N–H and O–H groups in total. The van der Waals surface area contributed by atoms with Crippen molar-refractivity contribution < 1.29 is 12.8 Å². The highest BCUT2D eigenvalue weighted by Crippen LogP contribution is 2.21. The largest absolute Gasteiger partial charge is 0.314 e. The van der Waals surface area contributed by atoms with Gasteiger partial charge < -0.3 is 5.32 Å². The summed E-state index contributed by atoms with van der Waals surface area (Å²) < 4.78 is 41.2. The van der Waals surface area contributed by atoms with Crippen molar-refractivity contribution in [3.63, 3.8) is 0 Å². The van der Waals surface area contributed by atoms with Crippen LogP contribution in [-0.4, -0.2) is 38.9 Å². The van der Waals surface area contributed by atoms with E-state index in [1.54, 1.807) is 0 Å². The van der Waals surface area contributed by atoms with Crippen molar-refractivity contribution in [3.8, 4) is 0 Å². The van der Waals surface area contributed by atoms with Gasteiger partial charge in [-0.2, -0.15) is 12.7 Å². The first kappa shape index (κ1) is 18.3. The van der Waals surface area contributed by atoms with Gasteiger partial charge in [-0.3, -0.25) is 4.72 Å². The zero-order valence-corrected chi connectivity index (χ0v) is 14.8. The molecule has 0 aromatic heterocycles. The van der Waals surface area contributed by atoms with Crippen molar-refractivity contribution in [2.75, 3.05) is 24.9 Å². The summed E-state index contributed by atoms with van der Waals surface area (Å²) in [4.78, 5) is 0. The van der Waals surface area contributed by atoms with Gasteiger partial charge in [0.05, 0.1) is 10.2 Å². The summed E-state index contributed by atoms with van der Waals surface area (Å²) >= 11 is 3.02. The molecule has 0 bridgehead atoms. The molecule has 1 aromatic carbocycles. The highest BCUT2D eigenvalue weighted by molar-refractivity contribution is 9.10. The SMILES string of the molecule is CC(C)NCCCN(C)S(=O)(=O)Nc1ccc(F)c(Br)c1. The van der Waals surface area contributed by atoms with Gasteiger partial charge in [0, 0.05) is 19.6 Å². The number of anilines is 1. The van der Waals surface area contributed by atoms with E-state index in [0.717, 1.165) is 6.54 Å². The molecule has 120 valence electrons. The number of rotatable bonds is 8. The molecule has 0 atom stereocenters. The fourth-order valence-electron chi connectivity index (χ4n) is 1.60. The Morgan fingerprint density at radius 1 is 1.38 bits per heavy atom. The molecule has 0 radical (unpaired) electrons. The van der Waals surface area contributed by atoms with Crippen LogP contribution in [0.4, 0.5) is 10.1 Å². The van der Waals surface area contributed by atoms with Gasteiger partial charge in [0.25, 0.3) is 0 Å². The monoisotopic (exact) mass is 381 g/mol. The predicted molar refractivity (Wildman–Crippen MR) is 87.0 cm³/mol. The molecular formula is C13H21BrFN3O2S. The third-order valence-corrected chi connectivity index (χ3v) is 4.88. The Morgan fingerprint density at radius 2 is 2.05 bits per heavy atom. The quantitative estimate of drug-likeness (QED) is 0.680. The first-order valence-electron chi connectivity index (χ1n) is 6.65. The van der Waals surface area contributed by atoms with Gasteiger partial charge in [-0.05, 0) is 47.1 Å². The fraction of sp³-hybridized carbons (Fsp3) is 0.538. The summed E-state index contributed by atoms with van der Waals surface area (Å²) in [6, 6.07) is 4.35. The van der Waals surface area contributed by atoms with E-state index >= 15 is 0 Å². The third-order valence-electron chi connectivity index (χ3n) is 2.78. The predicted octanol–water partition coefficient (Wildman–Crippen LogP) is 2.56. The average molecular weight is 382 g/mol.